The number of carbonyl (C=O) groups excluding carboxylic acids is 1. The molecule has 10 heteroatoms. The van der Waals surface area contributed by atoms with Gasteiger partial charge in [-0.15, -0.1) is 0 Å². The molecule has 1 aliphatic heterocycles. The first kappa shape index (κ1) is 22.8. The number of aromatic nitrogens is 3. The maximum absolute atomic E-state index is 13.8. The Morgan fingerprint density at radius 3 is 2.85 bits per heavy atom. The van der Waals surface area contributed by atoms with Gasteiger partial charge in [-0.2, -0.15) is 5.10 Å². The lowest BCUT2D eigenvalue weighted by Gasteiger charge is -2.36. The molecule has 2 aliphatic rings. The minimum Gasteiger partial charge on any atom is -0.499 e. The molecular weight excluding hydrogens is 430 g/mol. The molecule has 0 fully saturated rings. The van der Waals surface area contributed by atoms with Crippen molar-refractivity contribution in [3.8, 4) is 0 Å². The van der Waals surface area contributed by atoms with Gasteiger partial charge in [-0.3, -0.25) is 9.48 Å². The third-order valence-electron chi connectivity index (χ3n) is 6.34. The van der Waals surface area contributed by atoms with Gasteiger partial charge < -0.3 is 20.3 Å². The van der Waals surface area contributed by atoms with Crippen LogP contribution < -0.4 is 15.5 Å². The summed E-state index contributed by atoms with van der Waals surface area (Å²) in [5.74, 6) is -1.94. The summed E-state index contributed by atoms with van der Waals surface area (Å²) in [4.78, 5) is 18.9. The molecule has 0 saturated heterocycles. The Hall–Kier alpha value is -3.43. The van der Waals surface area contributed by atoms with Crippen LogP contribution in [0.4, 0.5) is 26.0 Å². The number of nitrogens with zero attached hydrogens (tertiary/aromatic N) is 4. The highest BCUT2D eigenvalue weighted by Gasteiger charge is 2.38. The largest absolute Gasteiger partial charge is 0.499 e. The van der Waals surface area contributed by atoms with Crippen molar-refractivity contribution >= 4 is 23.1 Å². The molecule has 1 aliphatic carbocycles. The Balaban J connectivity index is 1.47. The van der Waals surface area contributed by atoms with Crippen molar-refractivity contribution in [3.05, 3.63) is 53.2 Å². The molecule has 176 valence electrons. The molecule has 2 N–H and O–H groups in total. The topological polar surface area (TPSA) is 84.3 Å². The number of rotatable bonds is 7. The molecule has 1 amide bonds. The summed E-state index contributed by atoms with van der Waals surface area (Å²) in [6, 6.07) is 1.22. The van der Waals surface area contributed by atoms with E-state index in [9.17, 15) is 13.6 Å². The first-order valence-corrected chi connectivity index (χ1v) is 10.7. The quantitative estimate of drug-likeness (QED) is 0.484. The molecule has 2 aromatic heterocycles. The number of ether oxygens (including phenoxy) is 1. The number of halogens is 2. The maximum atomic E-state index is 13.8. The van der Waals surface area contributed by atoms with E-state index in [-0.39, 0.29) is 17.9 Å². The highest BCUT2D eigenvalue weighted by atomic mass is 19.3. The predicted molar refractivity (Wildman–Crippen MR) is 122 cm³/mol. The van der Waals surface area contributed by atoms with E-state index in [0.29, 0.717) is 42.5 Å². The zero-order valence-electron chi connectivity index (χ0n) is 19.2. The first-order chi connectivity index (χ1) is 15.6. The molecule has 1 atom stereocenters. The Morgan fingerprint density at radius 1 is 1.42 bits per heavy atom. The molecule has 0 radical (unpaired) electrons. The van der Waals surface area contributed by atoms with Crippen molar-refractivity contribution in [2.75, 3.05) is 29.7 Å². The van der Waals surface area contributed by atoms with Crippen molar-refractivity contribution in [1.29, 1.82) is 0 Å². The van der Waals surface area contributed by atoms with E-state index in [0.717, 1.165) is 16.8 Å². The van der Waals surface area contributed by atoms with Crippen LogP contribution in [0.15, 0.2) is 41.9 Å². The summed E-state index contributed by atoms with van der Waals surface area (Å²) in [6.07, 6.45) is 3.83. The summed E-state index contributed by atoms with van der Waals surface area (Å²) in [5, 5.41) is 10.5. The lowest BCUT2D eigenvalue weighted by atomic mass is 10.1. The molecule has 0 spiro atoms. The van der Waals surface area contributed by atoms with Crippen molar-refractivity contribution < 1.29 is 18.3 Å². The minimum absolute atomic E-state index is 0.124. The van der Waals surface area contributed by atoms with Crippen LogP contribution in [0.1, 0.15) is 31.0 Å². The van der Waals surface area contributed by atoms with Crippen molar-refractivity contribution in [2.24, 2.45) is 0 Å². The van der Waals surface area contributed by atoms with Crippen molar-refractivity contribution in [3.63, 3.8) is 0 Å². The number of nitrogens with one attached hydrogen (secondary N) is 2. The van der Waals surface area contributed by atoms with Crippen LogP contribution in [0.25, 0.3) is 0 Å². The van der Waals surface area contributed by atoms with E-state index < -0.39 is 12.0 Å². The zero-order chi connectivity index (χ0) is 23.9. The minimum atomic E-state index is -2.70. The third-order valence-corrected chi connectivity index (χ3v) is 6.34. The summed E-state index contributed by atoms with van der Waals surface area (Å²) < 4.78 is 34.4. The van der Waals surface area contributed by atoms with E-state index in [1.807, 2.05) is 31.1 Å². The molecule has 8 nitrogen and oxygen atoms in total. The van der Waals surface area contributed by atoms with Crippen LogP contribution in [0.2, 0.25) is 0 Å². The molecule has 0 aromatic carbocycles. The normalized spacial score (nSPS) is 19.4. The number of likely N-dealkylation sites (N-methyl/N-ethyl adjacent to an activating group) is 1. The number of pyridine rings is 1. The number of carbonyl (C=O) groups is 1. The van der Waals surface area contributed by atoms with Gasteiger partial charge in [-0.1, -0.05) is 6.58 Å². The Labute approximate surface area is 191 Å². The lowest BCUT2D eigenvalue weighted by Crippen LogP contribution is -2.47. The number of alkyl halides is 2. The number of methoxy groups -OCH3 is 1. The maximum Gasteiger partial charge on any atom is 0.269 e. The standard InChI is InChI=1S/C23H28F2N6O2/c1-13-17(6-7-23(13,24)25)12-31-11-16(10-27-31)9-26-19-8-18-20(14(2)28-19)29-22(32)21(30(18)4)15(3)33-5/h8,10-11,21H,3,6-7,9,12H2,1-2,4-5H3,(H,26,28)(H,29,32)/t21-/m0/s1. The second kappa shape index (κ2) is 8.49. The van der Waals surface area contributed by atoms with Gasteiger partial charge in [0.25, 0.3) is 11.8 Å². The van der Waals surface area contributed by atoms with Crippen molar-refractivity contribution in [1.82, 2.24) is 14.8 Å². The van der Waals surface area contributed by atoms with E-state index >= 15 is 0 Å². The highest BCUT2D eigenvalue weighted by molar-refractivity contribution is 6.05. The summed E-state index contributed by atoms with van der Waals surface area (Å²) in [5.41, 5.74) is 3.94. The van der Waals surface area contributed by atoms with Crippen molar-refractivity contribution in [2.45, 2.75) is 51.7 Å². The Bertz CT molecular complexity index is 1140. The average molecular weight is 459 g/mol. The monoisotopic (exact) mass is 458 g/mol. The van der Waals surface area contributed by atoms with E-state index in [4.69, 9.17) is 4.74 Å². The number of hydrogen-bond donors (Lipinski definition) is 2. The fourth-order valence-electron chi connectivity index (χ4n) is 4.27. The summed E-state index contributed by atoms with van der Waals surface area (Å²) in [7, 11) is 3.29. The molecule has 0 unspecified atom stereocenters. The number of aryl methyl sites for hydroxylation is 1. The number of allylic oxidation sites excluding steroid dienone is 2. The van der Waals surface area contributed by atoms with Crippen LogP contribution in [0, 0.1) is 6.92 Å². The smallest absolute Gasteiger partial charge is 0.269 e. The molecular formula is C23H28F2N6O2. The van der Waals surface area contributed by atoms with Crippen LogP contribution in [-0.2, 0) is 22.6 Å². The van der Waals surface area contributed by atoms with E-state index in [1.54, 1.807) is 10.9 Å². The van der Waals surface area contributed by atoms with E-state index in [2.05, 4.69) is 27.3 Å². The predicted octanol–water partition coefficient (Wildman–Crippen LogP) is 3.86. The van der Waals surface area contributed by atoms with Crippen LogP contribution >= 0.6 is 0 Å². The molecule has 4 rings (SSSR count). The summed E-state index contributed by atoms with van der Waals surface area (Å²) >= 11 is 0. The number of hydrogen-bond acceptors (Lipinski definition) is 6. The molecule has 33 heavy (non-hydrogen) atoms. The van der Waals surface area contributed by atoms with Gasteiger partial charge in [-0.25, -0.2) is 13.8 Å². The Morgan fingerprint density at radius 2 is 2.18 bits per heavy atom. The van der Waals surface area contributed by atoms with Gasteiger partial charge in [0.05, 0.1) is 36.9 Å². The zero-order valence-corrected chi connectivity index (χ0v) is 19.2. The van der Waals surface area contributed by atoms with Gasteiger partial charge in [0.15, 0.2) is 6.04 Å². The van der Waals surface area contributed by atoms with Gasteiger partial charge in [0.2, 0.25) is 0 Å². The van der Waals surface area contributed by atoms with Crippen LogP contribution in [-0.4, -0.2) is 46.8 Å². The van der Waals surface area contributed by atoms with Gasteiger partial charge >= 0.3 is 0 Å². The number of fused-ring (bicyclic) bond motifs is 1. The molecule has 0 bridgehead atoms. The summed E-state index contributed by atoms with van der Waals surface area (Å²) in [6.45, 7) is 8.00. The highest BCUT2D eigenvalue weighted by Crippen LogP contribution is 2.40. The average Bonchev–Trinajstić information content (AvgIpc) is 3.32. The van der Waals surface area contributed by atoms with Gasteiger partial charge in [-0.05, 0) is 31.4 Å². The van der Waals surface area contributed by atoms with E-state index in [1.165, 1.54) is 14.0 Å². The third kappa shape index (κ3) is 4.29. The molecule has 2 aromatic rings. The van der Waals surface area contributed by atoms with Crippen LogP contribution in [0.5, 0.6) is 0 Å². The second-order valence-corrected chi connectivity index (χ2v) is 8.49. The van der Waals surface area contributed by atoms with Gasteiger partial charge in [0.1, 0.15) is 11.6 Å². The first-order valence-electron chi connectivity index (χ1n) is 10.7. The fraction of sp³-hybridized carbons (Fsp3) is 0.435. The second-order valence-electron chi connectivity index (χ2n) is 8.49. The fourth-order valence-corrected chi connectivity index (χ4v) is 4.27. The SMILES string of the molecule is C=C(OC)[C@H]1C(=O)Nc2c(cc(NCc3cnn(CC4=C(C)C(F)(F)CC4)c3)nc2C)N1C. The van der Waals surface area contributed by atoms with Crippen LogP contribution in [0.3, 0.4) is 0 Å². The van der Waals surface area contributed by atoms with Gasteiger partial charge in [0, 0.05) is 37.8 Å². The lowest BCUT2D eigenvalue weighted by molar-refractivity contribution is -0.117. The molecule has 3 heterocycles. The Kier molecular flexibility index (Phi) is 5.85. The number of amides is 1. The molecule has 0 saturated carbocycles. The number of anilines is 3.